The Labute approximate surface area is 148 Å². The van der Waals surface area contributed by atoms with Crippen LogP contribution in [0.4, 0.5) is 10.5 Å². The summed E-state index contributed by atoms with van der Waals surface area (Å²) in [5.74, 6) is 0.406. The van der Waals surface area contributed by atoms with Crippen molar-refractivity contribution in [3.05, 3.63) is 68.8 Å². The number of benzene rings is 2. The van der Waals surface area contributed by atoms with Gasteiger partial charge in [0, 0.05) is 17.4 Å². The van der Waals surface area contributed by atoms with Crippen LogP contribution in [0.15, 0.2) is 36.4 Å². The minimum atomic E-state index is -0.588. The van der Waals surface area contributed by atoms with Crippen LogP contribution < -0.4 is 4.74 Å². The van der Waals surface area contributed by atoms with Gasteiger partial charge in [0.15, 0.2) is 0 Å². The maximum atomic E-state index is 11.9. The Morgan fingerprint density at radius 3 is 2.28 bits per heavy atom. The summed E-state index contributed by atoms with van der Waals surface area (Å²) in [5.41, 5.74) is 1.76. The van der Waals surface area contributed by atoms with E-state index in [1.54, 1.807) is 24.3 Å². The molecule has 8 heteroatoms. The van der Waals surface area contributed by atoms with Crippen molar-refractivity contribution in [3.63, 3.8) is 0 Å². The molecule has 2 aromatic rings. The molecule has 25 heavy (non-hydrogen) atoms. The van der Waals surface area contributed by atoms with Crippen LogP contribution in [-0.2, 0) is 19.0 Å². The first-order valence-electron chi connectivity index (χ1n) is 7.36. The zero-order valence-electron chi connectivity index (χ0n) is 13.5. The Hall–Kier alpha value is -2.42. The van der Waals surface area contributed by atoms with E-state index in [9.17, 15) is 25.1 Å². The second-order valence-electron chi connectivity index (χ2n) is 5.28. The van der Waals surface area contributed by atoms with Gasteiger partial charge in [-0.1, -0.05) is 17.7 Å². The van der Waals surface area contributed by atoms with Gasteiger partial charge in [-0.3, -0.25) is 10.1 Å². The van der Waals surface area contributed by atoms with Crippen molar-refractivity contribution in [3.8, 4) is 5.75 Å². The standard InChI is InChI=1S/C17H17NO6S/c1-11-2-4-15(5-3-11)24-17(21)25-10-14-6-12(8-19)13(9-20)7-16(14)18(22)23/h2-7,19-20H,8-10H2,1H3. The third-order valence-corrected chi connectivity index (χ3v) is 4.28. The van der Waals surface area contributed by atoms with Gasteiger partial charge in [0.25, 0.3) is 5.69 Å². The highest BCUT2D eigenvalue weighted by Crippen LogP contribution is 2.28. The maximum Gasteiger partial charge on any atom is 0.373 e. The van der Waals surface area contributed by atoms with E-state index in [4.69, 9.17) is 4.74 Å². The van der Waals surface area contributed by atoms with Crippen molar-refractivity contribution in [1.82, 2.24) is 0 Å². The average Bonchev–Trinajstić information content (AvgIpc) is 2.60. The van der Waals surface area contributed by atoms with Crippen LogP contribution in [0.3, 0.4) is 0 Å². The van der Waals surface area contributed by atoms with Crippen molar-refractivity contribution < 1.29 is 24.7 Å². The lowest BCUT2D eigenvalue weighted by Crippen LogP contribution is -2.04. The summed E-state index contributed by atoms with van der Waals surface area (Å²) in [5, 5.41) is 29.2. The highest BCUT2D eigenvalue weighted by Gasteiger charge is 2.19. The van der Waals surface area contributed by atoms with Crippen LogP contribution in [0.5, 0.6) is 5.75 Å². The Kier molecular flexibility index (Phi) is 6.51. The molecule has 0 aliphatic rings. The minimum absolute atomic E-state index is 0.0136. The van der Waals surface area contributed by atoms with E-state index in [1.807, 2.05) is 6.92 Å². The summed E-state index contributed by atoms with van der Waals surface area (Å²) < 4.78 is 5.16. The molecular formula is C17H17NO6S. The molecule has 0 radical (unpaired) electrons. The lowest BCUT2D eigenvalue weighted by atomic mass is 10.0. The summed E-state index contributed by atoms with van der Waals surface area (Å²) in [4.78, 5) is 22.5. The molecular weight excluding hydrogens is 346 g/mol. The van der Waals surface area contributed by atoms with Crippen LogP contribution >= 0.6 is 11.8 Å². The van der Waals surface area contributed by atoms with Gasteiger partial charge in [-0.25, -0.2) is 4.79 Å². The number of aliphatic hydroxyl groups excluding tert-OH is 2. The number of nitrogens with zero attached hydrogens (tertiary/aromatic N) is 1. The molecule has 0 unspecified atom stereocenters. The fourth-order valence-electron chi connectivity index (χ4n) is 2.18. The second kappa shape index (κ2) is 8.61. The highest BCUT2D eigenvalue weighted by atomic mass is 32.2. The fourth-order valence-corrected chi connectivity index (χ4v) is 2.84. The molecule has 7 nitrogen and oxygen atoms in total. The fraction of sp³-hybridized carbons (Fsp3) is 0.235. The van der Waals surface area contributed by atoms with Gasteiger partial charge < -0.3 is 14.9 Å². The average molecular weight is 363 g/mol. The van der Waals surface area contributed by atoms with Gasteiger partial charge in [0.2, 0.25) is 0 Å². The molecule has 0 fully saturated rings. The number of rotatable bonds is 6. The summed E-state index contributed by atoms with van der Waals surface area (Å²) in [6, 6.07) is 9.58. The van der Waals surface area contributed by atoms with E-state index in [2.05, 4.69) is 0 Å². The number of nitro benzene ring substituents is 1. The number of hydrogen-bond donors (Lipinski definition) is 2. The third-order valence-electron chi connectivity index (χ3n) is 3.51. The van der Waals surface area contributed by atoms with Gasteiger partial charge >= 0.3 is 5.30 Å². The van der Waals surface area contributed by atoms with Crippen molar-refractivity contribution in [2.75, 3.05) is 0 Å². The van der Waals surface area contributed by atoms with Crippen LogP contribution in [0.1, 0.15) is 22.3 Å². The number of hydrogen-bond acceptors (Lipinski definition) is 7. The largest absolute Gasteiger partial charge is 0.418 e. The molecule has 0 aromatic heterocycles. The van der Waals surface area contributed by atoms with Gasteiger partial charge in [-0.2, -0.15) is 0 Å². The van der Waals surface area contributed by atoms with Crippen LogP contribution in [-0.4, -0.2) is 20.4 Å². The minimum Gasteiger partial charge on any atom is -0.418 e. The number of thioether (sulfide) groups is 1. The summed E-state index contributed by atoms with van der Waals surface area (Å²) in [7, 11) is 0. The summed E-state index contributed by atoms with van der Waals surface area (Å²) in [6.45, 7) is 1.13. The molecule has 2 aromatic carbocycles. The van der Waals surface area contributed by atoms with E-state index in [-0.39, 0.29) is 29.2 Å². The molecule has 0 bridgehead atoms. The maximum absolute atomic E-state index is 11.9. The molecule has 132 valence electrons. The first-order valence-corrected chi connectivity index (χ1v) is 8.35. The summed E-state index contributed by atoms with van der Waals surface area (Å²) >= 11 is 0.783. The Morgan fingerprint density at radius 2 is 1.72 bits per heavy atom. The first-order chi connectivity index (χ1) is 11.9. The van der Waals surface area contributed by atoms with Crippen molar-refractivity contribution >= 4 is 22.8 Å². The zero-order valence-corrected chi connectivity index (χ0v) is 14.3. The normalized spacial score (nSPS) is 10.5. The number of carbonyl (C=O) groups is 1. The lowest BCUT2D eigenvalue weighted by Gasteiger charge is -2.09. The third kappa shape index (κ3) is 5.02. The Morgan fingerprint density at radius 1 is 1.12 bits per heavy atom. The molecule has 0 atom stereocenters. The molecule has 0 amide bonds. The van der Waals surface area contributed by atoms with Crippen LogP contribution in [0.25, 0.3) is 0 Å². The first kappa shape index (κ1) is 18.9. The number of nitro groups is 1. The zero-order chi connectivity index (χ0) is 18.4. The van der Waals surface area contributed by atoms with Crippen LogP contribution in [0, 0.1) is 17.0 Å². The second-order valence-corrected chi connectivity index (χ2v) is 6.19. The number of aliphatic hydroxyl groups is 2. The van der Waals surface area contributed by atoms with Crippen LogP contribution in [0.2, 0.25) is 0 Å². The van der Waals surface area contributed by atoms with E-state index in [0.29, 0.717) is 11.3 Å². The molecule has 0 saturated heterocycles. The Bertz CT molecular complexity index is 775. The molecule has 0 aliphatic carbocycles. The van der Waals surface area contributed by atoms with Crippen molar-refractivity contribution in [1.29, 1.82) is 0 Å². The van der Waals surface area contributed by atoms with Gasteiger partial charge in [0.05, 0.1) is 18.1 Å². The highest BCUT2D eigenvalue weighted by molar-refractivity contribution is 8.12. The van der Waals surface area contributed by atoms with E-state index in [0.717, 1.165) is 17.3 Å². The molecule has 0 spiro atoms. The molecule has 2 rings (SSSR count). The molecule has 2 N–H and O–H groups in total. The van der Waals surface area contributed by atoms with Gasteiger partial charge in [-0.05, 0) is 48.0 Å². The van der Waals surface area contributed by atoms with E-state index >= 15 is 0 Å². The number of aryl methyl sites for hydroxylation is 1. The summed E-state index contributed by atoms with van der Waals surface area (Å²) in [6.07, 6.45) is 0. The van der Waals surface area contributed by atoms with Crippen molar-refractivity contribution in [2.24, 2.45) is 0 Å². The SMILES string of the molecule is Cc1ccc(OC(=O)SCc2cc(CO)c(CO)cc2[N+](=O)[O-])cc1. The predicted molar refractivity (Wildman–Crippen MR) is 93.4 cm³/mol. The number of ether oxygens (including phenoxy) is 1. The Balaban J connectivity index is 2.11. The number of carbonyl (C=O) groups excluding carboxylic acids is 1. The molecule has 0 heterocycles. The molecule has 0 saturated carbocycles. The molecule has 0 aliphatic heterocycles. The van der Waals surface area contributed by atoms with Crippen molar-refractivity contribution in [2.45, 2.75) is 25.9 Å². The van der Waals surface area contributed by atoms with E-state index in [1.165, 1.54) is 12.1 Å². The monoisotopic (exact) mass is 363 g/mol. The topological polar surface area (TPSA) is 110 Å². The quantitative estimate of drug-likeness (QED) is 0.460. The predicted octanol–water partition coefficient (Wildman–Crippen LogP) is 3.32. The van der Waals surface area contributed by atoms with Gasteiger partial charge in [0.1, 0.15) is 5.75 Å². The lowest BCUT2D eigenvalue weighted by molar-refractivity contribution is -0.385. The smallest absolute Gasteiger partial charge is 0.373 e. The van der Waals surface area contributed by atoms with Gasteiger partial charge in [-0.15, -0.1) is 0 Å². The van der Waals surface area contributed by atoms with E-state index < -0.39 is 16.8 Å².